The molecule has 2 aliphatic rings. The van der Waals surface area contributed by atoms with E-state index in [0.717, 1.165) is 25.7 Å². The Balaban J connectivity index is 1.55. The molecule has 10 heteroatoms. The lowest BCUT2D eigenvalue weighted by Gasteiger charge is -2.29. The molecule has 1 aliphatic heterocycles. The van der Waals surface area contributed by atoms with Gasteiger partial charge in [0.25, 0.3) is 5.91 Å². The summed E-state index contributed by atoms with van der Waals surface area (Å²) in [6.45, 7) is 3.85. The Kier molecular flexibility index (Phi) is 10.7. The fourth-order valence-corrected chi connectivity index (χ4v) is 7.34. The molecule has 0 unspecified atom stereocenters. The highest BCUT2D eigenvalue weighted by atomic mass is 32.2. The first kappa shape index (κ1) is 28.5. The van der Waals surface area contributed by atoms with Crippen LogP contribution >= 0.6 is 11.8 Å². The van der Waals surface area contributed by atoms with Crippen LogP contribution in [-0.4, -0.2) is 73.6 Å². The predicted octanol–water partition coefficient (Wildman–Crippen LogP) is 3.45. The van der Waals surface area contributed by atoms with Crippen molar-refractivity contribution in [2.24, 2.45) is 5.92 Å². The maximum absolute atomic E-state index is 12.9. The van der Waals surface area contributed by atoms with Crippen LogP contribution in [-0.2, 0) is 24.2 Å². The second-order valence-corrected chi connectivity index (χ2v) is 13.4. The van der Waals surface area contributed by atoms with Crippen molar-refractivity contribution in [3.63, 3.8) is 0 Å². The molecule has 1 aliphatic carbocycles. The molecule has 200 valence electrons. The van der Waals surface area contributed by atoms with E-state index < -0.39 is 34.4 Å². The molecule has 1 aromatic rings. The number of hydrogen-bond donors (Lipinski definition) is 1. The SMILES string of the molecule is CC(C)CN(C(=O)COC(=O)c1ccccc1SCC(=O)NC1CCCCCC1)[C@H]1CCS(=O)(=O)C1. The van der Waals surface area contributed by atoms with E-state index in [9.17, 15) is 22.8 Å². The van der Waals surface area contributed by atoms with Gasteiger partial charge in [-0.15, -0.1) is 11.8 Å². The fourth-order valence-electron chi connectivity index (χ4n) is 4.75. The summed E-state index contributed by atoms with van der Waals surface area (Å²) in [6, 6.07) is 6.71. The highest BCUT2D eigenvalue weighted by molar-refractivity contribution is 8.00. The van der Waals surface area contributed by atoms with Gasteiger partial charge in [-0.25, -0.2) is 13.2 Å². The minimum absolute atomic E-state index is 0.0538. The van der Waals surface area contributed by atoms with Crippen molar-refractivity contribution in [3.8, 4) is 0 Å². The van der Waals surface area contributed by atoms with E-state index in [1.807, 2.05) is 13.8 Å². The van der Waals surface area contributed by atoms with Crippen LogP contribution in [0.25, 0.3) is 0 Å². The number of carbonyl (C=O) groups excluding carboxylic acids is 3. The lowest BCUT2D eigenvalue weighted by Crippen LogP contribution is -2.45. The Hall–Kier alpha value is -2.07. The number of amides is 2. The molecule has 1 saturated heterocycles. The van der Waals surface area contributed by atoms with Gasteiger partial charge in [-0.2, -0.15) is 0 Å². The molecule has 0 bridgehead atoms. The molecule has 1 saturated carbocycles. The van der Waals surface area contributed by atoms with Crippen molar-refractivity contribution < 1.29 is 27.5 Å². The average molecular weight is 539 g/mol. The highest BCUT2D eigenvalue weighted by Crippen LogP contribution is 2.24. The summed E-state index contributed by atoms with van der Waals surface area (Å²) in [7, 11) is -3.15. The number of nitrogens with zero attached hydrogens (tertiary/aromatic N) is 1. The second kappa shape index (κ2) is 13.5. The highest BCUT2D eigenvalue weighted by Gasteiger charge is 2.35. The van der Waals surface area contributed by atoms with Crippen LogP contribution in [0.5, 0.6) is 0 Å². The molecule has 8 nitrogen and oxygen atoms in total. The van der Waals surface area contributed by atoms with Crippen molar-refractivity contribution in [2.45, 2.75) is 75.8 Å². The number of ether oxygens (including phenoxy) is 1. The first-order valence-electron chi connectivity index (χ1n) is 12.8. The molecule has 1 heterocycles. The number of nitrogens with one attached hydrogen (secondary N) is 1. The fraction of sp³-hybridized carbons (Fsp3) is 0.654. The standard InChI is InChI=1S/C26H38N2O6S2/c1-19(2)15-28(21-13-14-36(32,33)18-21)25(30)16-34-26(31)22-11-7-8-12-23(22)35-17-24(29)27-20-9-5-3-4-6-10-20/h7-8,11-12,19-21H,3-6,9-10,13-18H2,1-2H3,(H,27,29)/t21-/m0/s1. The number of carbonyl (C=O) groups is 3. The van der Waals surface area contributed by atoms with Gasteiger partial charge in [-0.05, 0) is 37.3 Å². The zero-order valence-electron chi connectivity index (χ0n) is 21.2. The number of sulfone groups is 1. The monoisotopic (exact) mass is 538 g/mol. The number of rotatable bonds is 10. The predicted molar refractivity (Wildman–Crippen MR) is 141 cm³/mol. The van der Waals surface area contributed by atoms with Gasteiger partial charge in [0, 0.05) is 23.5 Å². The van der Waals surface area contributed by atoms with E-state index in [1.165, 1.54) is 24.6 Å². The van der Waals surface area contributed by atoms with Gasteiger partial charge in [-0.1, -0.05) is 51.7 Å². The van der Waals surface area contributed by atoms with Crippen LogP contribution in [0.2, 0.25) is 0 Å². The van der Waals surface area contributed by atoms with Gasteiger partial charge in [0.15, 0.2) is 16.4 Å². The van der Waals surface area contributed by atoms with Crippen molar-refractivity contribution in [1.29, 1.82) is 0 Å². The smallest absolute Gasteiger partial charge is 0.339 e. The molecule has 0 aromatic heterocycles. The van der Waals surface area contributed by atoms with E-state index in [2.05, 4.69) is 5.32 Å². The van der Waals surface area contributed by atoms with E-state index in [0.29, 0.717) is 23.4 Å². The van der Waals surface area contributed by atoms with Gasteiger partial charge < -0.3 is 15.0 Å². The maximum Gasteiger partial charge on any atom is 0.339 e. The zero-order chi connectivity index (χ0) is 26.1. The third-order valence-electron chi connectivity index (χ3n) is 6.54. The Labute approximate surface area is 218 Å². The maximum atomic E-state index is 12.9. The van der Waals surface area contributed by atoms with Crippen LogP contribution in [0.15, 0.2) is 29.2 Å². The number of thioether (sulfide) groups is 1. The summed E-state index contributed by atoms with van der Waals surface area (Å²) in [5, 5.41) is 3.11. The summed E-state index contributed by atoms with van der Waals surface area (Å²) in [5.74, 6) is -0.737. The van der Waals surface area contributed by atoms with Crippen LogP contribution in [0.3, 0.4) is 0 Å². The van der Waals surface area contributed by atoms with Crippen molar-refractivity contribution in [3.05, 3.63) is 29.8 Å². The third kappa shape index (κ3) is 8.80. The van der Waals surface area contributed by atoms with Crippen LogP contribution < -0.4 is 5.32 Å². The largest absolute Gasteiger partial charge is 0.452 e. The summed E-state index contributed by atoms with van der Waals surface area (Å²) >= 11 is 1.27. The molecule has 36 heavy (non-hydrogen) atoms. The Morgan fingerprint density at radius 2 is 1.78 bits per heavy atom. The molecule has 2 amide bonds. The summed E-state index contributed by atoms with van der Waals surface area (Å²) in [4.78, 5) is 40.4. The van der Waals surface area contributed by atoms with E-state index in [-0.39, 0.29) is 35.1 Å². The first-order valence-corrected chi connectivity index (χ1v) is 15.6. The molecule has 2 fully saturated rings. The van der Waals surface area contributed by atoms with Gasteiger partial charge in [0.2, 0.25) is 5.91 Å². The van der Waals surface area contributed by atoms with Crippen molar-refractivity contribution >= 4 is 39.4 Å². The summed E-state index contributed by atoms with van der Waals surface area (Å²) in [6.07, 6.45) is 7.12. The summed E-state index contributed by atoms with van der Waals surface area (Å²) in [5.41, 5.74) is 0.302. The lowest BCUT2D eigenvalue weighted by atomic mass is 10.1. The average Bonchev–Trinajstić information content (AvgIpc) is 3.02. The second-order valence-electron chi connectivity index (χ2n) is 10.1. The number of benzene rings is 1. The van der Waals surface area contributed by atoms with Gasteiger partial charge in [-0.3, -0.25) is 9.59 Å². The Morgan fingerprint density at radius 3 is 2.42 bits per heavy atom. The third-order valence-corrected chi connectivity index (χ3v) is 9.37. The van der Waals surface area contributed by atoms with Gasteiger partial charge in [0.05, 0.1) is 22.8 Å². The topological polar surface area (TPSA) is 110 Å². The Morgan fingerprint density at radius 1 is 1.08 bits per heavy atom. The van der Waals surface area contributed by atoms with E-state index >= 15 is 0 Å². The van der Waals surface area contributed by atoms with E-state index in [1.54, 1.807) is 29.2 Å². The molecular formula is C26H38N2O6S2. The Bertz CT molecular complexity index is 1020. The van der Waals surface area contributed by atoms with Crippen molar-refractivity contribution in [1.82, 2.24) is 10.2 Å². The summed E-state index contributed by atoms with van der Waals surface area (Å²) < 4.78 is 29.2. The molecule has 0 radical (unpaired) electrons. The van der Waals surface area contributed by atoms with Crippen LogP contribution in [0.4, 0.5) is 0 Å². The zero-order valence-corrected chi connectivity index (χ0v) is 22.9. The van der Waals surface area contributed by atoms with Crippen molar-refractivity contribution in [2.75, 3.05) is 30.4 Å². The number of hydrogen-bond acceptors (Lipinski definition) is 7. The first-order chi connectivity index (χ1) is 17.1. The van der Waals surface area contributed by atoms with Crippen LogP contribution in [0.1, 0.15) is 69.2 Å². The molecule has 3 rings (SSSR count). The molecule has 1 N–H and O–H groups in total. The molecule has 1 atom stereocenters. The van der Waals surface area contributed by atoms with E-state index in [4.69, 9.17) is 4.74 Å². The normalized spacial score (nSPS) is 20.0. The van der Waals surface area contributed by atoms with Crippen LogP contribution in [0, 0.1) is 5.92 Å². The van der Waals surface area contributed by atoms with Gasteiger partial charge in [0.1, 0.15) is 0 Å². The molecule has 1 aromatic carbocycles. The molecule has 0 spiro atoms. The van der Waals surface area contributed by atoms with Gasteiger partial charge >= 0.3 is 5.97 Å². The number of esters is 1. The minimum Gasteiger partial charge on any atom is -0.452 e. The minimum atomic E-state index is -3.15. The molecular weight excluding hydrogens is 500 g/mol. The quantitative estimate of drug-likeness (QED) is 0.276. The lowest BCUT2D eigenvalue weighted by molar-refractivity contribution is -0.137.